The first-order valence-electron chi connectivity index (χ1n) is 6.15. The van der Waals surface area contributed by atoms with Crippen LogP contribution in [0.3, 0.4) is 0 Å². The molecule has 0 fully saturated rings. The second kappa shape index (κ2) is 4.31. The van der Waals surface area contributed by atoms with Gasteiger partial charge in [-0.25, -0.2) is 4.79 Å². The minimum atomic E-state index is -0.952. The molecule has 0 aliphatic carbocycles. The normalized spacial score (nSPS) is 13.4. The standard InChI is InChI=1S/C15H14N2O2/c16-11-5-6-14(12(9-11)15(18)19)17-8-7-10-3-1-2-4-13(10)17/h1-6,9H,7-8,16H2,(H,18,19). The minimum Gasteiger partial charge on any atom is -0.478 e. The van der Waals surface area contributed by atoms with Gasteiger partial charge in [-0.1, -0.05) is 18.2 Å². The van der Waals surface area contributed by atoms with Crippen molar-refractivity contribution in [2.45, 2.75) is 6.42 Å². The average molecular weight is 254 g/mol. The molecule has 1 aliphatic heterocycles. The number of aromatic carboxylic acids is 1. The third-order valence-corrected chi connectivity index (χ3v) is 3.43. The Hall–Kier alpha value is -2.49. The Morgan fingerprint density at radius 2 is 1.95 bits per heavy atom. The highest BCUT2D eigenvalue weighted by molar-refractivity contribution is 5.97. The lowest BCUT2D eigenvalue weighted by molar-refractivity contribution is 0.0697. The summed E-state index contributed by atoms with van der Waals surface area (Å²) in [6, 6.07) is 13.1. The Morgan fingerprint density at radius 3 is 2.74 bits per heavy atom. The molecule has 0 spiro atoms. The van der Waals surface area contributed by atoms with Crippen molar-refractivity contribution in [1.82, 2.24) is 0 Å². The van der Waals surface area contributed by atoms with E-state index >= 15 is 0 Å². The van der Waals surface area contributed by atoms with Gasteiger partial charge in [0.05, 0.1) is 11.3 Å². The largest absolute Gasteiger partial charge is 0.478 e. The van der Waals surface area contributed by atoms with Gasteiger partial charge in [0.15, 0.2) is 0 Å². The molecule has 4 nitrogen and oxygen atoms in total. The number of carbonyl (C=O) groups is 1. The molecule has 0 radical (unpaired) electrons. The summed E-state index contributed by atoms with van der Waals surface area (Å²) >= 11 is 0. The topological polar surface area (TPSA) is 66.6 Å². The second-order valence-corrected chi connectivity index (χ2v) is 4.61. The van der Waals surface area contributed by atoms with Gasteiger partial charge in [-0.15, -0.1) is 0 Å². The molecule has 1 heterocycles. The molecule has 2 aromatic rings. The first-order chi connectivity index (χ1) is 9.16. The molecule has 0 amide bonds. The summed E-state index contributed by atoms with van der Waals surface area (Å²) in [6.07, 6.45) is 0.930. The zero-order valence-corrected chi connectivity index (χ0v) is 10.3. The van der Waals surface area contributed by atoms with Crippen molar-refractivity contribution in [3.8, 4) is 0 Å². The molecule has 3 rings (SSSR count). The van der Waals surface area contributed by atoms with Crippen molar-refractivity contribution >= 4 is 23.0 Å². The van der Waals surface area contributed by atoms with E-state index < -0.39 is 5.97 Å². The predicted octanol–water partition coefficient (Wildman–Crippen LogP) is 2.66. The van der Waals surface area contributed by atoms with Crippen molar-refractivity contribution in [2.24, 2.45) is 0 Å². The highest BCUT2D eigenvalue weighted by Gasteiger charge is 2.23. The maximum atomic E-state index is 11.4. The maximum absolute atomic E-state index is 11.4. The van der Waals surface area contributed by atoms with Gasteiger partial charge in [-0.3, -0.25) is 0 Å². The second-order valence-electron chi connectivity index (χ2n) is 4.61. The molecule has 0 unspecified atom stereocenters. The molecule has 3 N–H and O–H groups in total. The summed E-state index contributed by atoms with van der Waals surface area (Å²) in [7, 11) is 0. The predicted molar refractivity (Wildman–Crippen MR) is 75.0 cm³/mol. The monoisotopic (exact) mass is 254 g/mol. The van der Waals surface area contributed by atoms with Crippen LogP contribution >= 0.6 is 0 Å². The van der Waals surface area contributed by atoms with Gasteiger partial charge in [-0.05, 0) is 36.2 Å². The summed E-state index contributed by atoms with van der Waals surface area (Å²) < 4.78 is 0. The van der Waals surface area contributed by atoms with E-state index in [9.17, 15) is 9.90 Å². The van der Waals surface area contributed by atoms with Crippen LogP contribution in [0, 0.1) is 0 Å². The number of nitrogen functional groups attached to an aromatic ring is 1. The first kappa shape index (κ1) is 11.6. The van der Waals surface area contributed by atoms with Gasteiger partial charge in [0.1, 0.15) is 0 Å². The van der Waals surface area contributed by atoms with Gasteiger partial charge in [0, 0.05) is 17.9 Å². The Labute approximate surface area is 111 Å². The van der Waals surface area contributed by atoms with Crippen molar-refractivity contribution in [3.05, 3.63) is 53.6 Å². The van der Waals surface area contributed by atoms with E-state index in [0.29, 0.717) is 11.4 Å². The lowest BCUT2D eigenvalue weighted by Gasteiger charge is -2.21. The molecular weight excluding hydrogens is 240 g/mol. The number of benzene rings is 2. The highest BCUT2D eigenvalue weighted by atomic mass is 16.4. The summed E-state index contributed by atoms with van der Waals surface area (Å²) in [5.74, 6) is -0.952. The molecule has 0 atom stereocenters. The number of rotatable bonds is 2. The number of nitrogens with zero attached hydrogens (tertiary/aromatic N) is 1. The van der Waals surface area contributed by atoms with Crippen LogP contribution in [0.25, 0.3) is 0 Å². The van der Waals surface area contributed by atoms with Crippen LogP contribution in [0.5, 0.6) is 0 Å². The van der Waals surface area contributed by atoms with E-state index in [4.69, 9.17) is 5.73 Å². The summed E-state index contributed by atoms with van der Waals surface area (Å²) in [5, 5.41) is 9.32. The van der Waals surface area contributed by atoms with Crippen LogP contribution in [0.2, 0.25) is 0 Å². The van der Waals surface area contributed by atoms with Crippen molar-refractivity contribution in [2.75, 3.05) is 17.2 Å². The Balaban J connectivity index is 2.12. The number of hydrogen-bond donors (Lipinski definition) is 2. The van der Waals surface area contributed by atoms with Crippen LogP contribution in [-0.4, -0.2) is 17.6 Å². The maximum Gasteiger partial charge on any atom is 0.337 e. The molecule has 4 heteroatoms. The molecule has 2 aromatic carbocycles. The molecule has 0 aromatic heterocycles. The van der Waals surface area contributed by atoms with E-state index in [1.807, 2.05) is 23.1 Å². The van der Waals surface area contributed by atoms with Crippen molar-refractivity contribution in [3.63, 3.8) is 0 Å². The summed E-state index contributed by atoms with van der Waals surface area (Å²) in [6.45, 7) is 0.795. The number of para-hydroxylation sites is 1. The Kier molecular flexibility index (Phi) is 2.63. The number of carboxylic acids is 1. The van der Waals surface area contributed by atoms with E-state index in [-0.39, 0.29) is 5.56 Å². The molecule has 0 bridgehead atoms. The number of anilines is 3. The number of fused-ring (bicyclic) bond motifs is 1. The van der Waals surface area contributed by atoms with Gasteiger partial charge >= 0.3 is 5.97 Å². The zero-order valence-electron chi connectivity index (χ0n) is 10.3. The van der Waals surface area contributed by atoms with Gasteiger partial charge < -0.3 is 15.7 Å². The molecule has 0 saturated carbocycles. The quantitative estimate of drug-likeness (QED) is 0.808. The Bertz CT molecular complexity index is 652. The summed E-state index contributed by atoms with van der Waals surface area (Å²) in [4.78, 5) is 13.4. The van der Waals surface area contributed by atoms with E-state index in [2.05, 4.69) is 6.07 Å². The number of nitrogens with two attached hydrogens (primary N) is 1. The van der Waals surface area contributed by atoms with E-state index in [1.165, 1.54) is 11.6 Å². The third-order valence-electron chi connectivity index (χ3n) is 3.43. The fourth-order valence-corrected chi connectivity index (χ4v) is 2.55. The lowest BCUT2D eigenvalue weighted by Crippen LogP contribution is -2.17. The zero-order chi connectivity index (χ0) is 13.4. The molecule has 19 heavy (non-hydrogen) atoms. The summed E-state index contributed by atoms with van der Waals surface area (Å²) in [5.41, 5.74) is 9.42. The molecular formula is C15H14N2O2. The fraction of sp³-hybridized carbons (Fsp3) is 0.133. The molecule has 96 valence electrons. The van der Waals surface area contributed by atoms with Crippen LogP contribution in [0.1, 0.15) is 15.9 Å². The van der Waals surface area contributed by atoms with Crippen molar-refractivity contribution in [1.29, 1.82) is 0 Å². The van der Waals surface area contributed by atoms with Gasteiger partial charge in [0.25, 0.3) is 0 Å². The minimum absolute atomic E-state index is 0.247. The van der Waals surface area contributed by atoms with E-state index in [1.54, 1.807) is 12.1 Å². The van der Waals surface area contributed by atoms with Crippen molar-refractivity contribution < 1.29 is 9.90 Å². The highest BCUT2D eigenvalue weighted by Crippen LogP contribution is 2.36. The van der Waals surface area contributed by atoms with Gasteiger partial charge in [-0.2, -0.15) is 0 Å². The lowest BCUT2D eigenvalue weighted by atomic mass is 10.1. The van der Waals surface area contributed by atoms with E-state index in [0.717, 1.165) is 18.7 Å². The van der Waals surface area contributed by atoms with Crippen LogP contribution in [0.4, 0.5) is 17.1 Å². The SMILES string of the molecule is Nc1ccc(N2CCc3ccccc32)c(C(=O)O)c1. The molecule has 1 aliphatic rings. The van der Waals surface area contributed by atoms with Crippen LogP contribution in [0.15, 0.2) is 42.5 Å². The van der Waals surface area contributed by atoms with Gasteiger partial charge in [0.2, 0.25) is 0 Å². The molecule has 0 saturated heterocycles. The van der Waals surface area contributed by atoms with Crippen LogP contribution < -0.4 is 10.6 Å². The Morgan fingerprint density at radius 1 is 1.16 bits per heavy atom. The van der Waals surface area contributed by atoms with Crippen LogP contribution in [-0.2, 0) is 6.42 Å². The number of hydrogen-bond acceptors (Lipinski definition) is 3. The third kappa shape index (κ3) is 1.91. The average Bonchev–Trinajstić information content (AvgIpc) is 2.82. The smallest absolute Gasteiger partial charge is 0.337 e. The fourth-order valence-electron chi connectivity index (χ4n) is 2.55. The first-order valence-corrected chi connectivity index (χ1v) is 6.15. The number of carboxylic acid groups (broad SMARTS) is 1.